The second-order valence-electron chi connectivity index (χ2n) is 7.26. The highest BCUT2D eigenvalue weighted by Gasteiger charge is 2.16. The molecule has 0 unspecified atom stereocenters. The number of methoxy groups -OCH3 is 4. The molecule has 0 saturated carbocycles. The summed E-state index contributed by atoms with van der Waals surface area (Å²) in [4.78, 5) is 5.55. The van der Waals surface area contributed by atoms with Crippen LogP contribution < -0.4 is 23.7 Å². The number of aromatic nitrogens is 1. The minimum atomic E-state index is 0.113. The van der Waals surface area contributed by atoms with Gasteiger partial charge in [-0.1, -0.05) is 0 Å². The van der Waals surface area contributed by atoms with E-state index in [1.54, 1.807) is 28.4 Å². The van der Waals surface area contributed by atoms with Gasteiger partial charge >= 0.3 is 0 Å². The highest BCUT2D eigenvalue weighted by molar-refractivity contribution is 7.07. The minimum absolute atomic E-state index is 0.113. The number of benzene rings is 2. The summed E-state index contributed by atoms with van der Waals surface area (Å²) in [5, 5.41) is 6.98. The van der Waals surface area contributed by atoms with Gasteiger partial charge in [0.2, 0.25) is 4.80 Å². The Morgan fingerprint density at radius 2 is 1.50 bits per heavy atom. The predicted octanol–water partition coefficient (Wildman–Crippen LogP) is 4.83. The molecule has 0 spiro atoms. The number of hydrogen-bond donors (Lipinski definition) is 0. The topological polar surface area (TPSA) is 66.6 Å². The highest BCUT2D eigenvalue weighted by atomic mass is 32.1. The normalized spacial score (nSPS) is 12.2. The van der Waals surface area contributed by atoms with E-state index >= 15 is 0 Å². The van der Waals surface area contributed by atoms with Gasteiger partial charge in [-0.3, -0.25) is 4.99 Å². The van der Waals surface area contributed by atoms with Crippen LogP contribution in [0.25, 0.3) is 11.3 Å². The fourth-order valence-electron chi connectivity index (χ4n) is 3.21. The fourth-order valence-corrected chi connectivity index (χ4v) is 4.16. The van der Waals surface area contributed by atoms with Crippen molar-refractivity contribution >= 4 is 17.0 Å². The molecule has 1 aromatic heterocycles. The lowest BCUT2D eigenvalue weighted by Gasteiger charge is -2.13. The van der Waals surface area contributed by atoms with Crippen LogP contribution in [-0.2, 0) is 0 Å². The van der Waals surface area contributed by atoms with Gasteiger partial charge in [0.25, 0.3) is 0 Å². The van der Waals surface area contributed by atoms with E-state index in [4.69, 9.17) is 29.0 Å². The average Bonchev–Trinajstić information content (AvgIpc) is 3.18. The molecule has 8 heteroatoms. The minimum Gasteiger partial charge on any atom is -0.497 e. The molecule has 2 aromatic carbocycles. The maximum absolute atomic E-state index is 5.62. The van der Waals surface area contributed by atoms with Gasteiger partial charge in [-0.05, 0) is 57.2 Å². The summed E-state index contributed by atoms with van der Waals surface area (Å²) in [7, 11) is 6.57. The number of ether oxygens (including phenoxy) is 4. The van der Waals surface area contributed by atoms with Crippen molar-refractivity contribution in [3.8, 4) is 34.3 Å². The third-order valence-corrected chi connectivity index (χ3v) is 5.61. The summed E-state index contributed by atoms with van der Waals surface area (Å²) in [5.74, 6) is 2.90. The lowest BCUT2D eigenvalue weighted by molar-refractivity contribution is 0.402. The molecule has 3 aromatic rings. The van der Waals surface area contributed by atoms with Crippen LogP contribution in [-0.4, -0.2) is 44.9 Å². The SMILES string of the molecule is COc1ccc(OC)c(C(C)=Nn2c(-c3cc(OC)ccc3OC)csc2=NC(C)C)c1. The molecule has 0 fully saturated rings. The van der Waals surface area contributed by atoms with Crippen molar-refractivity contribution in [2.75, 3.05) is 28.4 Å². The Morgan fingerprint density at radius 3 is 2.09 bits per heavy atom. The van der Waals surface area contributed by atoms with Gasteiger partial charge < -0.3 is 18.9 Å². The molecule has 1 heterocycles. The first-order valence-electron chi connectivity index (χ1n) is 10.2. The molecule has 170 valence electrons. The van der Waals surface area contributed by atoms with Crippen LogP contribution in [0, 0.1) is 0 Å². The molecule has 0 bridgehead atoms. The monoisotopic (exact) mass is 455 g/mol. The molecule has 0 aliphatic rings. The molecular formula is C24H29N3O4S. The second-order valence-corrected chi connectivity index (χ2v) is 8.09. The molecule has 7 nitrogen and oxygen atoms in total. The van der Waals surface area contributed by atoms with E-state index in [0.29, 0.717) is 5.75 Å². The lowest BCUT2D eigenvalue weighted by Crippen LogP contribution is -2.16. The van der Waals surface area contributed by atoms with E-state index in [9.17, 15) is 0 Å². The summed E-state index contributed by atoms with van der Waals surface area (Å²) in [6.07, 6.45) is 0. The van der Waals surface area contributed by atoms with E-state index < -0.39 is 0 Å². The van der Waals surface area contributed by atoms with Crippen LogP contribution in [0.5, 0.6) is 23.0 Å². The fraction of sp³-hybridized carbons (Fsp3) is 0.333. The molecule has 3 rings (SSSR count). The molecule has 0 saturated heterocycles. The van der Waals surface area contributed by atoms with Crippen molar-refractivity contribution < 1.29 is 18.9 Å². The predicted molar refractivity (Wildman–Crippen MR) is 129 cm³/mol. The van der Waals surface area contributed by atoms with Crippen molar-refractivity contribution in [1.29, 1.82) is 0 Å². The maximum Gasteiger partial charge on any atom is 0.206 e. The average molecular weight is 456 g/mol. The van der Waals surface area contributed by atoms with E-state index in [2.05, 4.69) is 0 Å². The molecule has 0 amide bonds. The Morgan fingerprint density at radius 1 is 0.875 bits per heavy atom. The van der Waals surface area contributed by atoms with Crippen LogP contribution in [0.15, 0.2) is 51.9 Å². The Hall–Kier alpha value is -3.26. The number of rotatable bonds is 8. The van der Waals surface area contributed by atoms with E-state index in [0.717, 1.165) is 44.6 Å². The van der Waals surface area contributed by atoms with Crippen molar-refractivity contribution in [1.82, 2.24) is 4.68 Å². The highest BCUT2D eigenvalue weighted by Crippen LogP contribution is 2.34. The van der Waals surface area contributed by atoms with Gasteiger partial charge in [0.15, 0.2) is 0 Å². The van der Waals surface area contributed by atoms with Gasteiger partial charge in [-0.15, -0.1) is 11.3 Å². The summed E-state index contributed by atoms with van der Waals surface area (Å²) in [5.41, 5.74) is 3.31. The number of thiazole rings is 1. The zero-order chi connectivity index (χ0) is 23.3. The van der Waals surface area contributed by atoms with Crippen molar-refractivity contribution in [2.45, 2.75) is 26.8 Å². The van der Waals surface area contributed by atoms with Crippen molar-refractivity contribution in [3.63, 3.8) is 0 Å². The Kier molecular flexibility index (Phi) is 7.58. The molecular weight excluding hydrogens is 426 g/mol. The van der Waals surface area contributed by atoms with Crippen LogP contribution in [0.3, 0.4) is 0 Å². The van der Waals surface area contributed by atoms with Crippen LogP contribution in [0.4, 0.5) is 0 Å². The van der Waals surface area contributed by atoms with Crippen molar-refractivity contribution in [2.24, 2.45) is 10.1 Å². The number of nitrogens with zero attached hydrogens (tertiary/aromatic N) is 3. The van der Waals surface area contributed by atoms with Crippen molar-refractivity contribution in [3.05, 3.63) is 52.1 Å². The number of hydrogen-bond acceptors (Lipinski definition) is 7. The van der Waals surface area contributed by atoms with Gasteiger partial charge in [0.05, 0.1) is 39.8 Å². The molecule has 0 aliphatic heterocycles. The Bertz CT molecular complexity index is 1180. The van der Waals surface area contributed by atoms with Gasteiger partial charge in [-0.25, -0.2) is 4.68 Å². The first-order valence-corrected chi connectivity index (χ1v) is 11.0. The molecule has 32 heavy (non-hydrogen) atoms. The quantitative estimate of drug-likeness (QED) is 0.456. The smallest absolute Gasteiger partial charge is 0.206 e. The third kappa shape index (κ3) is 4.96. The van der Waals surface area contributed by atoms with Gasteiger partial charge in [0.1, 0.15) is 23.0 Å². The van der Waals surface area contributed by atoms with Gasteiger partial charge in [-0.2, -0.15) is 5.10 Å². The standard InChI is InChI=1S/C24H29N3O4S/c1-15(2)25-24-27(26-16(3)19-12-17(28-4)8-10-22(19)30-6)21(14-32-24)20-13-18(29-5)9-11-23(20)31-7/h8-15H,1-7H3. The van der Waals surface area contributed by atoms with E-state index in [1.165, 1.54) is 11.3 Å². The largest absolute Gasteiger partial charge is 0.497 e. The molecule has 0 N–H and O–H groups in total. The Labute approximate surface area is 192 Å². The lowest BCUT2D eigenvalue weighted by atomic mass is 10.1. The maximum atomic E-state index is 5.62. The summed E-state index contributed by atoms with van der Waals surface area (Å²) >= 11 is 1.52. The summed E-state index contributed by atoms with van der Waals surface area (Å²) in [6.45, 7) is 6.02. The zero-order valence-electron chi connectivity index (χ0n) is 19.5. The van der Waals surface area contributed by atoms with Crippen LogP contribution >= 0.6 is 11.3 Å². The Balaban J connectivity index is 2.26. The van der Waals surface area contributed by atoms with E-state index in [-0.39, 0.29) is 6.04 Å². The zero-order valence-corrected chi connectivity index (χ0v) is 20.3. The molecule has 0 atom stereocenters. The first-order chi connectivity index (χ1) is 15.4. The first kappa shape index (κ1) is 23.4. The van der Waals surface area contributed by atoms with Crippen LogP contribution in [0.2, 0.25) is 0 Å². The third-order valence-electron chi connectivity index (χ3n) is 4.78. The molecule has 0 aliphatic carbocycles. The van der Waals surface area contributed by atoms with Gasteiger partial charge in [0, 0.05) is 22.5 Å². The molecule has 0 radical (unpaired) electrons. The summed E-state index contributed by atoms with van der Waals surface area (Å²) < 4.78 is 23.9. The second kappa shape index (κ2) is 10.4. The summed E-state index contributed by atoms with van der Waals surface area (Å²) in [6, 6.07) is 11.5. The van der Waals surface area contributed by atoms with E-state index in [1.807, 2.05) is 67.2 Å². The van der Waals surface area contributed by atoms with Crippen LogP contribution in [0.1, 0.15) is 26.3 Å².